The average Bonchev–Trinajstić information content (AvgIpc) is 2.72. The molecule has 0 saturated carbocycles. The van der Waals surface area contributed by atoms with Crippen LogP contribution in [0.2, 0.25) is 0 Å². The highest BCUT2D eigenvalue weighted by Gasteiger charge is 2.28. The van der Waals surface area contributed by atoms with E-state index in [0.717, 1.165) is 19.5 Å². The van der Waals surface area contributed by atoms with Crippen LogP contribution < -0.4 is 5.32 Å². The molecule has 2 heterocycles. The van der Waals surface area contributed by atoms with Gasteiger partial charge in [0.15, 0.2) is 0 Å². The van der Waals surface area contributed by atoms with Crippen molar-refractivity contribution in [3.8, 4) is 0 Å². The van der Waals surface area contributed by atoms with Crippen LogP contribution in [0.4, 0.5) is 0 Å². The fourth-order valence-corrected chi connectivity index (χ4v) is 3.70. The summed E-state index contributed by atoms with van der Waals surface area (Å²) >= 11 is 1.75. The molecule has 2 unspecified atom stereocenters. The lowest BCUT2D eigenvalue weighted by Crippen LogP contribution is -2.53. The summed E-state index contributed by atoms with van der Waals surface area (Å²) in [5, 5.41) is 7.06. The topological polar surface area (TPSA) is 31.4 Å². The van der Waals surface area contributed by atoms with Gasteiger partial charge in [-0.3, -0.25) is 0 Å². The minimum absolute atomic E-state index is 0.479. The summed E-state index contributed by atoms with van der Waals surface area (Å²) in [6.45, 7) is 8.82. The van der Waals surface area contributed by atoms with E-state index in [1.54, 1.807) is 11.3 Å². The van der Waals surface area contributed by atoms with E-state index in [1.165, 1.54) is 30.2 Å². The van der Waals surface area contributed by atoms with Crippen molar-refractivity contribution in [3.05, 3.63) is 16.1 Å². The molecule has 1 aliphatic rings. The Hall–Kier alpha value is -0.490. The van der Waals surface area contributed by atoms with Gasteiger partial charge in [0, 0.05) is 30.4 Å². The Labute approximate surface area is 127 Å². The predicted molar refractivity (Wildman–Crippen MR) is 86.6 cm³/mol. The number of rotatable bonds is 5. The van der Waals surface area contributed by atoms with Gasteiger partial charge in [-0.25, -0.2) is 4.98 Å². The molecule has 0 amide bonds. The Morgan fingerprint density at radius 3 is 2.90 bits per heavy atom. The van der Waals surface area contributed by atoms with Crippen molar-refractivity contribution in [1.29, 1.82) is 0 Å². The third-order valence-corrected chi connectivity index (χ3v) is 4.96. The van der Waals surface area contributed by atoms with E-state index in [2.05, 4.69) is 53.4 Å². The molecule has 0 spiro atoms. The van der Waals surface area contributed by atoms with Gasteiger partial charge in [0.2, 0.25) is 0 Å². The third kappa shape index (κ3) is 4.25. The first-order valence-electron chi connectivity index (χ1n) is 7.63. The van der Waals surface area contributed by atoms with E-state index >= 15 is 0 Å². The van der Waals surface area contributed by atoms with Crippen molar-refractivity contribution < 1.29 is 0 Å². The third-order valence-electron chi connectivity index (χ3n) is 4.14. The number of aromatic nitrogens is 1. The van der Waals surface area contributed by atoms with Gasteiger partial charge in [-0.05, 0) is 47.1 Å². The molecular formula is C15H28N4S. The monoisotopic (exact) mass is 296 g/mol. The van der Waals surface area contributed by atoms with Crippen molar-refractivity contribution in [2.75, 3.05) is 40.3 Å². The summed E-state index contributed by atoms with van der Waals surface area (Å²) in [7, 11) is 4.50. The number of likely N-dealkylation sites (N-methyl/N-ethyl adjacent to an activating group) is 3. The van der Waals surface area contributed by atoms with Crippen molar-refractivity contribution in [2.45, 2.75) is 38.8 Å². The van der Waals surface area contributed by atoms with E-state index in [4.69, 9.17) is 0 Å². The van der Waals surface area contributed by atoms with Crippen LogP contribution in [-0.4, -0.2) is 67.1 Å². The van der Waals surface area contributed by atoms with Gasteiger partial charge in [0.05, 0.1) is 10.7 Å². The van der Waals surface area contributed by atoms with Crippen molar-refractivity contribution >= 4 is 11.3 Å². The number of hydrogen-bond donors (Lipinski definition) is 1. The molecule has 1 aromatic heterocycles. The highest BCUT2D eigenvalue weighted by atomic mass is 32.1. The molecule has 114 valence electrons. The number of aryl methyl sites for hydroxylation is 1. The Kier molecular flexibility index (Phi) is 5.96. The lowest BCUT2D eigenvalue weighted by molar-refractivity contribution is 0.177. The summed E-state index contributed by atoms with van der Waals surface area (Å²) < 4.78 is 0. The first-order valence-corrected chi connectivity index (χ1v) is 8.51. The van der Waals surface area contributed by atoms with Crippen molar-refractivity contribution in [1.82, 2.24) is 20.1 Å². The second kappa shape index (κ2) is 7.50. The lowest BCUT2D eigenvalue weighted by atomic mass is 10.0. The molecule has 0 radical (unpaired) electrons. The zero-order valence-electron chi connectivity index (χ0n) is 13.2. The number of nitrogens with one attached hydrogen (secondary N) is 1. The Morgan fingerprint density at radius 2 is 2.25 bits per heavy atom. The molecule has 1 saturated heterocycles. The quantitative estimate of drug-likeness (QED) is 0.894. The van der Waals surface area contributed by atoms with Gasteiger partial charge in [-0.15, -0.1) is 11.3 Å². The van der Waals surface area contributed by atoms with Gasteiger partial charge < -0.3 is 15.1 Å². The van der Waals surface area contributed by atoms with E-state index in [1.807, 2.05) is 0 Å². The largest absolute Gasteiger partial charge is 0.312 e. The summed E-state index contributed by atoms with van der Waals surface area (Å²) in [4.78, 5) is 9.63. The summed E-state index contributed by atoms with van der Waals surface area (Å²) in [5.41, 5.74) is 1.23. The fraction of sp³-hybridized carbons (Fsp3) is 0.800. The minimum atomic E-state index is 0.479. The minimum Gasteiger partial charge on any atom is -0.312 e. The first kappa shape index (κ1) is 15.9. The van der Waals surface area contributed by atoms with Crippen LogP contribution in [0.15, 0.2) is 5.38 Å². The van der Waals surface area contributed by atoms with Gasteiger partial charge in [-0.1, -0.05) is 6.92 Å². The SMILES string of the molecule is CCNC(Cc1csc(C)n1)C1CN(C)CCCN1C. The maximum atomic E-state index is 4.64. The predicted octanol–water partition coefficient (Wildman–Crippen LogP) is 1.61. The van der Waals surface area contributed by atoms with Gasteiger partial charge in [-0.2, -0.15) is 0 Å². The van der Waals surface area contributed by atoms with E-state index in [-0.39, 0.29) is 0 Å². The molecule has 0 aliphatic carbocycles. The molecule has 0 bridgehead atoms. The van der Waals surface area contributed by atoms with E-state index in [0.29, 0.717) is 12.1 Å². The molecule has 1 fully saturated rings. The lowest BCUT2D eigenvalue weighted by Gasteiger charge is -2.34. The standard InChI is InChI=1S/C15H28N4S/c1-5-16-14(9-13-11-20-12(2)17-13)15-10-18(3)7-6-8-19(15)4/h11,14-16H,5-10H2,1-4H3. The molecule has 4 nitrogen and oxygen atoms in total. The normalized spacial score (nSPS) is 23.7. The zero-order valence-corrected chi connectivity index (χ0v) is 14.0. The second-order valence-corrected chi connectivity index (χ2v) is 6.95. The highest BCUT2D eigenvalue weighted by Crippen LogP contribution is 2.16. The summed E-state index contributed by atoms with van der Waals surface area (Å²) in [6, 6.07) is 1.04. The summed E-state index contributed by atoms with van der Waals surface area (Å²) in [6.07, 6.45) is 2.29. The first-order chi connectivity index (χ1) is 9.60. The average molecular weight is 296 g/mol. The Balaban J connectivity index is 2.08. The molecule has 1 aliphatic heterocycles. The second-order valence-electron chi connectivity index (χ2n) is 5.89. The van der Waals surface area contributed by atoms with E-state index < -0.39 is 0 Å². The van der Waals surface area contributed by atoms with Crippen LogP contribution in [0.3, 0.4) is 0 Å². The van der Waals surface area contributed by atoms with Crippen LogP contribution in [0.25, 0.3) is 0 Å². The molecule has 1 N–H and O–H groups in total. The molecule has 2 atom stereocenters. The molecule has 0 aromatic carbocycles. The van der Waals surface area contributed by atoms with Crippen LogP contribution in [0.1, 0.15) is 24.0 Å². The maximum Gasteiger partial charge on any atom is 0.0897 e. The smallest absolute Gasteiger partial charge is 0.0897 e. The van der Waals surface area contributed by atoms with Crippen LogP contribution >= 0.6 is 11.3 Å². The maximum absolute atomic E-state index is 4.64. The zero-order chi connectivity index (χ0) is 14.5. The molecule has 5 heteroatoms. The van der Waals surface area contributed by atoms with Gasteiger partial charge >= 0.3 is 0 Å². The van der Waals surface area contributed by atoms with Crippen LogP contribution in [0, 0.1) is 6.92 Å². The van der Waals surface area contributed by atoms with Crippen molar-refractivity contribution in [3.63, 3.8) is 0 Å². The van der Waals surface area contributed by atoms with Crippen LogP contribution in [-0.2, 0) is 6.42 Å². The number of hydrogen-bond acceptors (Lipinski definition) is 5. The highest BCUT2D eigenvalue weighted by molar-refractivity contribution is 7.09. The molecular weight excluding hydrogens is 268 g/mol. The molecule has 2 rings (SSSR count). The van der Waals surface area contributed by atoms with Crippen LogP contribution in [0.5, 0.6) is 0 Å². The fourth-order valence-electron chi connectivity index (χ4n) is 3.07. The Morgan fingerprint density at radius 1 is 1.45 bits per heavy atom. The van der Waals surface area contributed by atoms with Gasteiger partial charge in [0.1, 0.15) is 0 Å². The number of nitrogens with zero attached hydrogens (tertiary/aromatic N) is 3. The molecule has 1 aromatic rings. The van der Waals surface area contributed by atoms with E-state index in [9.17, 15) is 0 Å². The molecule has 20 heavy (non-hydrogen) atoms. The number of thiazole rings is 1. The Bertz CT molecular complexity index is 406. The van der Waals surface area contributed by atoms with Gasteiger partial charge in [0.25, 0.3) is 0 Å². The summed E-state index contributed by atoms with van der Waals surface area (Å²) in [5.74, 6) is 0. The van der Waals surface area contributed by atoms with Crippen molar-refractivity contribution in [2.24, 2.45) is 0 Å².